The molecule has 0 bridgehead atoms. The van der Waals surface area contributed by atoms with Crippen LogP contribution in [0.4, 0.5) is 0 Å². The molecule has 1 fully saturated rings. The van der Waals surface area contributed by atoms with Crippen LogP contribution in [0.15, 0.2) is 18.2 Å². The van der Waals surface area contributed by atoms with Gasteiger partial charge in [-0.05, 0) is 61.8 Å². The summed E-state index contributed by atoms with van der Waals surface area (Å²) in [6.45, 7) is 5.60. The van der Waals surface area contributed by atoms with Gasteiger partial charge in [0.2, 0.25) is 0 Å². The van der Waals surface area contributed by atoms with Gasteiger partial charge < -0.3 is 5.32 Å². The number of rotatable bonds is 7. The summed E-state index contributed by atoms with van der Waals surface area (Å²) in [5.74, 6) is 1.66. The summed E-state index contributed by atoms with van der Waals surface area (Å²) >= 11 is 12.7. The highest BCUT2D eigenvalue weighted by Gasteiger charge is 2.30. The van der Waals surface area contributed by atoms with Crippen LogP contribution in [0.5, 0.6) is 0 Å². The highest BCUT2D eigenvalue weighted by atomic mass is 35.5. The molecule has 3 unspecified atom stereocenters. The van der Waals surface area contributed by atoms with Crippen molar-refractivity contribution in [2.75, 3.05) is 6.54 Å². The zero-order valence-electron chi connectivity index (χ0n) is 13.2. The maximum Gasteiger partial charge on any atom is 0.0453 e. The predicted molar refractivity (Wildman–Crippen MR) is 93.4 cm³/mol. The predicted octanol–water partition coefficient (Wildman–Crippen LogP) is 5.73. The van der Waals surface area contributed by atoms with Crippen LogP contribution in [0.1, 0.15) is 51.5 Å². The number of halogens is 2. The van der Waals surface area contributed by atoms with Crippen LogP contribution in [0, 0.1) is 11.8 Å². The fourth-order valence-corrected chi connectivity index (χ4v) is 4.08. The summed E-state index contributed by atoms with van der Waals surface area (Å²) < 4.78 is 0. The molecule has 1 N–H and O–H groups in total. The minimum Gasteiger partial charge on any atom is -0.313 e. The van der Waals surface area contributed by atoms with E-state index in [1.54, 1.807) is 0 Å². The first kappa shape index (κ1) is 17.1. The Balaban J connectivity index is 2.09. The molecule has 3 atom stereocenters. The molecule has 0 heterocycles. The molecule has 1 aliphatic carbocycles. The molecule has 2 rings (SSSR count). The third-order valence-electron chi connectivity index (χ3n) is 4.87. The van der Waals surface area contributed by atoms with E-state index in [2.05, 4.69) is 19.2 Å². The third kappa shape index (κ3) is 4.61. The topological polar surface area (TPSA) is 12.0 Å². The molecule has 0 aromatic heterocycles. The third-order valence-corrected chi connectivity index (χ3v) is 5.58. The van der Waals surface area contributed by atoms with Crippen LogP contribution in [0.3, 0.4) is 0 Å². The summed E-state index contributed by atoms with van der Waals surface area (Å²) in [4.78, 5) is 0. The normalized spacial score (nSPS) is 23.4. The van der Waals surface area contributed by atoms with Crippen molar-refractivity contribution in [3.63, 3.8) is 0 Å². The Morgan fingerprint density at radius 1 is 1.19 bits per heavy atom. The zero-order valence-corrected chi connectivity index (χ0v) is 14.7. The van der Waals surface area contributed by atoms with E-state index < -0.39 is 0 Å². The molecule has 0 aliphatic heterocycles. The van der Waals surface area contributed by atoms with E-state index >= 15 is 0 Å². The summed E-state index contributed by atoms with van der Waals surface area (Å²) in [6, 6.07) is 6.32. The minimum absolute atomic E-state index is 0.499. The molecule has 0 spiro atoms. The lowest BCUT2D eigenvalue weighted by atomic mass is 9.90. The van der Waals surface area contributed by atoms with Gasteiger partial charge in [-0.2, -0.15) is 0 Å². The maximum atomic E-state index is 6.36. The number of nitrogens with one attached hydrogen (secondary N) is 1. The van der Waals surface area contributed by atoms with E-state index in [-0.39, 0.29) is 0 Å². The second-order valence-corrected chi connectivity index (χ2v) is 7.13. The Bertz CT molecular complexity index is 427. The van der Waals surface area contributed by atoms with Gasteiger partial charge in [-0.1, -0.05) is 56.0 Å². The Morgan fingerprint density at radius 3 is 2.48 bits per heavy atom. The van der Waals surface area contributed by atoms with Crippen molar-refractivity contribution in [1.29, 1.82) is 0 Å². The molecule has 1 aromatic rings. The van der Waals surface area contributed by atoms with Crippen molar-refractivity contribution in [2.24, 2.45) is 11.8 Å². The lowest BCUT2D eigenvalue weighted by molar-refractivity contribution is 0.344. The second-order valence-electron chi connectivity index (χ2n) is 6.31. The van der Waals surface area contributed by atoms with E-state index in [0.717, 1.165) is 46.8 Å². The van der Waals surface area contributed by atoms with Crippen LogP contribution in [0.25, 0.3) is 0 Å². The van der Waals surface area contributed by atoms with Gasteiger partial charge in [-0.3, -0.25) is 0 Å². The standard InChI is InChI=1S/C18H27Cl2N/c1-3-10-21-18(14-9-8-13(4-2)11-14)12-15-16(19)6-5-7-17(15)20/h5-7,13-14,18,21H,3-4,8-12H2,1-2H3. The Kier molecular flexibility index (Phi) is 6.85. The molecule has 1 nitrogen and oxygen atoms in total. The Hall–Kier alpha value is -0.240. The van der Waals surface area contributed by atoms with Crippen molar-refractivity contribution < 1.29 is 0 Å². The maximum absolute atomic E-state index is 6.36. The van der Waals surface area contributed by atoms with Crippen LogP contribution in [-0.2, 0) is 6.42 Å². The number of hydrogen-bond acceptors (Lipinski definition) is 1. The smallest absolute Gasteiger partial charge is 0.0453 e. The molecule has 0 amide bonds. The average Bonchev–Trinajstić information content (AvgIpc) is 2.95. The number of hydrogen-bond donors (Lipinski definition) is 1. The zero-order chi connectivity index (χ0) is 15.2. The molecule has 118 valence electrons. The fraction of sp³-hybridized carbons (Fsp3) is 0.667. The van der Waals surface area contributed by atoms with Gasteiger partial charge in [-0.15, -0.1) is 0 Å². The lowest BCUT2D eigenvalue weighted by Gasteiger charge is -2.26. The van der Waals surface area contributed by atoms with Crippen molar-refractivity contribution in [2.45, 2.75) is 58.4 Å². The first-order chi connectivity index (χ1) is 10.2. The molecule has 0 saturated heterocycles. The molecule has 1 aliphatic rings. The highest BCUT2D eigenvalue weighted by molar-refractivity contribution is 6.36. The lowest BCUT2D eigenvalue weighted by Crippen LogP contribution is -2.38. The van der Waals surface area contributed by atoms with E-state index in [1.807, 2.05) is 18.2 Å². The molecule has 21 heavy (non-hydrogen) atoms. The first-order valence-corrected chi connectivity index (χ1v) is 9.07. The second kappa shape index (κ2) is 8.41. The summed E-state index contributed by atoms with van der Waals surface area (Å²) in [7, 11) is 0. The SMILES string of the molecule is CCCNC(Cc1c(Cl)cccc1Cl)C1CCC(CC)C1. The summed E-state index contributed by atoms with van der Waals surface area (Å²) in [5.41, 5.74) is 1.11. The fourth-order valence-electron chi connectivity index (χ4n) is 3.53. The van der Waals surface area contributed by atoms with Gasteiger partial charge >= 0.3 is 0 Å². The molecule has 1 saturated carbocycles. The summed E-state index contributed by atoms with van der Waals surface area (Å²) in [5, 5.41) is 5.35. The van der Waals surface area contributed by atoms with Gasteiger partial charge in [0, 0.05) is 16.1 Å². The minimum atomic E-state index is 0.499. The Morgan fingerprint density at radius 2 is 1.90 bits per heavy atom. The van der Waals surface area contributed by atoms with Crippen molar-refractivity contribution >= 4 is 23.2 Å². The molecule has 1 aromatic carbocycles. The summed E-state index contributed by atoms with van der Waals surface area (Å²) in [6.07, 6.45) is 7.48. The first-order valence-electron chi connectivity index (χ1n) is 8.31. The van der Waals surface area contributed by atoms with E-state index in [0.29, 0.717) is 6.04 Å². The highest BCUT2D eigenvalue weighted by Crippen LogP contribution is 2.37. The van der Waals surface area contributed by atoms with Gasteiger partial charge in [-0.25, -0.2) is 0 Å². The molecule has 3 heteroatoms. The monoisotopic (exact) mass is 327 g/mol. The van der Waals surface area contributed by atoms with E-state index in [4.69, 9.17) is 23.2 Å². The van der Waals surface area contributed by atoms with Crippen LogP contribution in [-0.4, -0.2) is 12.6 Å². The molecular weight excluding hydrogens is 301 g/mol. The van der Waals surface area contributed by atoms with Gasteiger partial charge in [0.25, 0.3) is 0 Å². The van der Waals surface area contributed by atoms with Crippen LogP contribution in [0.2, 0.25) is 10.0 Å². The van der Waals surface area contributed by atoms with Gasteiger partial charge in [0.1, 0.15) is 0 Å². The number of benzene rings is 1. The molecular formula is C18H27Cl2N. The average molecular weight is 328 g/mol. The molecule has 0 radical (unpaired) electrons. The Labute approximate surface area is 139 Å². The van der Waals surface area contributed by atoms with Gasteiger partial charge in [0.05, 0.1) is 0 Å². The van der Waals surface area contributed by atoms with E-state index in [9.17, 15) is 0 Å². The van der Waals surface area contributed by atoms with Crippen molar-refractivity contribution in [3.05, 3.63) is 33.8 Å². The quantitative estimate of drug-likeness (QED) is 0.674. The van der Waals surface area contributed by atoms with Crippen molar-refractivity contribution in [1.82, 2.24) is 5.32 Å². The van der Waals surface area contributed by atoms with Crippen molar-refractivity contribution in [3.8, 4) is 0 Å². The van der Waals surface area contributed by atoms with Crippen LogP contribution >= 0.6 is 23.2 Å². The van der Waals surface area contributed by atoms with E-state index in [1.165, 1.54) is 25.7 Å². The van der Waals surface area contributed by atoms with Gasteiger partial charge in [0.15, 0.2) is 0 Å². The largest absolute Gasteiger partial charge is 0.313 e. The van der Waals surface area contributed by atoms with Crippen LogP contribution < -0.4 is 5.32 Å².